The SMILES string of the molecule is CCC(C)CC(O)CCS(C)(=O)=O. The van der Waals surface area contributed by atoms with Crippen molar-refractivity contribution >= 4 is 9.84 Å². The fourth-order valence-electron chi connectivity index (χ4n) is 1.10. The first-order chi connectivity index (χ1) is 5.85. The lowest BCUT2D eigenvalue weighted by atomic mass is 10.00. The Labute approximate surface area is 81.1 Å². The van der Waals surface area contributed by atoms with Crippen molar-refractivity contribution in [2.24, 2.45) is 5.92 Å². The van der Waals surface area contributed by atoms with Crippen LogP contribution in [-0.2, 0) is 9.84 Å². The highest BCUT2D eigenvalue weighted by Crippen LogP contribution is 2.12. The van der Waals surface area contributed by atoms with Crippen molar-refractivity contribution in [1.82, 2.24) is 0 Å². The minimum Gasteiger partial charge on any atom is -0.393 e. The second kappa shape index (κ2) is 5.60. The Morgan fingerprint density at radius 2 is 1.92 bits per heavy atom. The molecule has 0 aromatic rings. The van der Waals surface area contributed by atoms with E-state index in [1.807, 2.05) is 0 Å². The van der Waals surface area contributed by atoms with Crippen LogP contribution in [0.1, 0.15) is 33.1 Å². The standard InChI is InChI=1S/C9H20O3S/c1-4-8(2)7-9(10)5-6-13(3,11)12/h8-10H,4-7H2,1-3H3. The van der Waals surface area contributed by atoms with E-state index in [0.29, 0.717) is 18.8 Å². The van der Waals surface area contributed by atoms with Gasteiger partial charge in [-0.25, -0.2) is 8.42 Å². The van der Waals surface area contributed by atoms with Gasteiger partial charge in [0.2, 0.25) is 0 Å². The van der Waals surface area contributed by atoms with Crippen molar-refractivity contribution in [3.8, 4) is 0 Å². The summed E-state index contributed by atoms with van der Waals surface area (Å²) >= 11 is 0. The van der Waals surface area contributed by atoms with Crippen LogP contribution in [0.25, 0.3) is 0 Å². The Morgan fingerprint density at radius 1 is 1.38 bits per heavy atom. The van der Waals surface area contributed by atoms with Crippen molar-refractivity contribution < 1.29 is 13.5 Å². The highest BCUT2D eigenvalue weighted by Gasteiger charge is 2.11. The molecule has 0 fully saturated rings. The summed E-state index contributed by atoms with van der Waals surface area (Å²) < 4.78 is 21.6. The van der Waals surface area contributed by atoms with Crippen molar-refractivity contribution in [2.45, 2.75) is 39.2 Å². The van der Waals surface area contributed by atoms with Crippen LogP contribution < -0.4 is 0 Å². The predicted molar refractivity (Wildman–Crippen MR) is 54.4 cm³/mol. The molecule has 0 aromatic heterocycles. The van der Waals surface area contributed by atoms with E-state index in [0.717, 1.165) is 6.42 Å². The van der Waals surface area contributed by atoms with Crippen LogP contribution in [0.2, 0.25) is 0 Å². The van der Waals surface area contributed by atoms with Crippen molar-refractivity contribution in [2.75, 3.05) is 12.0 Å². The molecular weight excluding hydrogens is 188 g/mol. The van der Waals surface area contributed by atoms with Crippen LogP contribution in [0.4, 0.5) is 0 Å². The maximum Gasteiger partial charge on any atom is 0.147 e. The summed E-state index contributed by atoms with van der Waals surface area (Å²) in [5.41, 5.74) is 0. The monoisotopic (exact) mass is 208 g/mol. The minimum absolute atomic E-state index is 0.0879. The largest absolute Gasteiger partial charge is 0.393 e. The van der Waals surface area contributed by atoms with Crippen molar-refractivity contribution in [3.63, 3.8) is 0 Å². The predicted octanol–water partition coefficient (Wildman–Crippen LogP) is 1.22. The molecule has 0 bridgehead atoms. The quantitative estimate of drug-likeness (QED) is 0.714. The number of aliphatic hydroxyl groups is 1. The van der Waals surface area contributed by atoms with E-state index in [2.05, 4.69) is 13.8 Å². The van der Waals surface area contributed by atoms with Crippen molar-refractivity contribution in [3.05, 3.63) is 0 Å². The molecule has 0 heterocycles. The first-order valence-electron chi connectivity index (χ1n) is 4.71. The lowest BCUT2D eigenvalue weighted by Crippen LogP contribution is -2.16. The first kappa shape index (κ1) is 12.9. The Morgan fingerprint density at radius 3 is 2.31 bits per heavy atom. The molecule has 0 aliphatic rings. The van der Waals surface area contributed by atoms with E-state index in [1.165, 1.54) is 6.26 Å². The van der Waals surface area contributed by atoms with Crippen LogP contribution in [0.15, 0.2) is 0 Å². The number of aliphatic hydroxyl groups excluding tert-OH is 1. The van der Waals surface area contributed by atoms with Crippen LogP contribution >= 0.6 is 0 Å². The van der Waals surface area contributed by atoms with Gasteiger partial charge in [-0.05, 0) is 18.8 Å². The fraction of sp³-hybridized carbons (Fsp3) is 1.00. The normalized spacial score (nSPS) is 16.9. The number of rotatable bonds is 6. The average Bonchev–Trinajstić information content (AvgIpc) is 1.99. The number of sulfone groups is 1. The number of hydrogen-bond donors (Lipinski definition) is 1. The molecule has 2 atom stereocenters. The third-order valence-corrected chi connectivity index (χ3v) is 3.17. The molecule has 0 amide bonds. The van der Waals surface area contributed by atoms with E-state index in [1.54, 1.807) is 0 Å². The zero-order chi connectivity index (χ0) is 10.5. The molecule has 0 aliphatic carbocycles. The van der Waals surface area contributed by atoms with Crippen LogP contribution in [-0.4, -0.2) is 31.6 Å². The Kier molecular flexibility index (Phi) is 5.56. The van der Waals surface area contributed by atoms with Gasteiger partial charge in [0.25, 0.3) is 0 Å². The Hall–Kier alpha value is -0.0900. The molecule has 0 rings (SSSR count). The van der Waals surface area contributed by atoms with Gasteiger partial charge in [0, 0.05) is 6.26 Å². The van der Waals surface area contributed by atoms with Crippen molar-refractivity contribution in [1.29, 1.82) is 0 Å². The third-order valence-electron chi connectivity index (χ3n) is 2.19. The van der Waals surface area contributed by atoms with Gasteiger partial charge in [-0.2, -0.15) is 0 Å². The van der Waals surface area contributed by atoms with Crippen LogP contribution in [0.3, 0.4) is 0 Å². The lowest BCUT2D eigenvalue weighted by molar-refractivity contribution is 0.141. The summed E-state index contributed by atoms with van der Waals surface area (Å²) in [6, 6.07) is 0. The molecule has 0 spiro atoms. The molecule has 2 unspecified atom stereocenters. The molecule has 0 saturated heterocycles. The second-order valence-corrected chi connectivity index (χ2v) is 6.08. The van der Waals surface area contributed by atoms with Gasteiger partial charge in [0.1, 0.15) is 9.84 Å². The van der Waals surface area contributed by atoms with E-state index in [-0.39, 0.29) is 5.75 Å². The Balaban J connectivity index is 3.69. The molecule has 0 aromatic carbocycles. The minimum atomic E-state index is -2.92. The fourth-order valence-corrected chi connectivity index (χ4v) is 1.80. The van der Waals surface area contributed by atoms with Gasteiger partial charge in [0.15, 0.2) is 0 Å². The van der Waals surface area contributed by atoms with E-state index in [4.69, 9.17) is 0 Å². The molecule has 80 valence electrons. The lowest BCUT2D eigenvalue weighted by Gasteiger charge is -2.13. The zero-order valence-electron chi connectivity index (χ0n) is 8.66. The van der Waals surface area contributed by atoms with Crippen LogP contribution in [0, 0.1) is 5.92 Å². The van der Waals surface area contributed by atoms with Gasteiger partial charge < -0.3 is 5.11 Å². The van der Waals surface area contributed by atoms with Gasteiger partial charge in [-0.3, -0.25) is 0 Å². The molecular formula is C9H20O3S. The molecule has 3 nitrogen and oxygen atoms in total. The molecule has 1 N–H and O–H groups in total. The summed E-state index contributed by atoms with van der Waals surface area (Å²) in [5, 5.41) is 9.45. The molecule has 0 aliphatic heterocycles. The highest BCUT2D eigenvalue weighted by atomic mass is 32.2. The zero-order valence-corrected chi connectivity index (χ0v) is 9.47. The second-order valence-electron chi connectivity index (χ2n) is 3.82. The summed E-state index contributed by atoms with van der Waals surface area (Å²) in [6.07, 6.45) is 2.82. The molecule has 0 saturated carbocycles. The summed E-state index contributed by atoms with van der Waals surface area (Å²) in [5.74, 6) is 0.555. The van der Waals surface area contributed by atoms with E-state index < -0.39 is 15.9 Å². The van der Waals surface area contributed by atoms with Gasteiger partial charge in [0.05, 0.1) is 11.9 Å². The number of hydrogen-bond acceptors (Lipinski definition) is 3. The average molecular weight is 208 g/mol. The first-order valence-corrected chi connectivity index (χ1v) is 6.77. The molecule has 13 heavy (non-hydrogen) atoms. The smallest absolute Gasteiger partial charge is 0.147 e. The van der Waals surface area contributed by atoms with Crippen LogP contribution in [0.5, 0.6) is 0 Å². The third kappa shape index (κ3) is 8.25. The summed E-state index contributed by atoms with van der Waals surface area (Å²) in [7, 11) is -2.92. The van der Waals surface area contributed by atoms with E-state index in [9.17, 15) is 13.5 Å². The van der Waals surface area contributed by atoms with Gasteiger partial charge in [-0.15, -0.1) is 0 Å². The highest BCUT2D eigenvalue weighted by molar-refractivity contribution is 7.90. The summed E-state index contributed by atoms with van der Waals surface area (Å²) in [4.78, 5) is 0. The van der Waals surface area contributed by atoms with Gasteiger partial charge in [-0.1, -0.05) is 20.3 Å². The maximum absolute atomic E-state index is 10.8. The maximum atomic E-state index is 10.8. The topological polar surface area (TPSA) is 54.4 Å². The summed E-state index contributed by atoms with van der Waals surface area (Å²) in [6.45, 7) is 4.12. The van der Waals surface area contributed by atoms with Gasteiger partial charge >= 0.3 is 0 Å². The Bertz CT molecular complexity index is 221. The molecule has 0 radical (unpaired) electrons. The molecule has 4 heteroatoms. The van der Waals surface area contributed by atoms with E-state index >= 15 is 0 Å².